The average Bonchev–Trinajstić information content (AvgIpc) is 2.33. The molecule has 0 aliphatic carbocycles. The van der Waals surface area contributed by atoms with E-state index in [1.807, 2.05) is 13.8 Å². The molecule has 0 aromatic rings. The molecule has 0 spiro atoms. The summed E-state index contributed by atoms with van der Waals surface area (Å²) in [6.45, 7) is 3.95. The van der Waals surface area contributed by atoms with Crippen molar-refractivity contribution in [3.63, 3.8) is 0 Å². The number of hydrogen-bond donors (Lipinski definition) is 1. The van der Waals surface area contributed by atoms with E-state index in [0.717, 1.165) is 0 Å². The van der Waals surface area contributed by atoms with E-state index in [-0.39, 0.29) is 22.1 Å². The van der Waals surface area contributed by atoms with Gasteiger partial charge in [0.15, 0.2) is 0 Å². The Hall–Kier alpha value is -0.730. The molecule has 3 atom stereocenters. The molecule has 0 bridgehead atoms. The molecule has 2 aliphatic heterocycles. The first-order valence-corrected chi connectivity index (χ1v) is 5.02. The molecule has 13 heavy (non-hydrogen) atoms. The van der Waals surface area contributed by atoms with E-state index in [2.05, 4.69) is 6.07 Å². The second-order valence-electron chi connectivity index (χ2n) is 3.91. The molecule has 2 N–H and O–H groups in total. The summed E-state index contributed by atoms with van der Waals surface area (Å²) in [6.07, 6.45) is 0. The van der Waals surface area contributed by atoms with Crippen LogP contribution in [-0.4, -0.2) is 33.0 Å². The number of nitrogens with two attached hydrogens (primary N) is 1. The van der Waals surface area contributed by atoms with Crippen LogP contribution < -0.4 is 5.73 Å². The van der Waals surface area contributed by atoms with Gasteiger partial charge in [-0.3, -0.25) is 4.79 Å². The van der Waals surface area contributed by atoms with Crippen LogP contribution in [0.3, 0.4) is 0 Å². The van der Waals surface area contributed by atoms with Crippen molar-refractivity contribution >= 4 is 17.7 Å². The van der Waals surface area contributed by atoms with Gasteiger partial charge >= 0.3 is 0 Å². The van der Waals surface area contributed by atoms with Crippen LogP contribution in [-0.2, 0) is 4.79 Å². The van der Waals surface area contributed by atoms with Crippen LogP contribution in [0.2, 0.25) is 0 Å². The molecule has 2 heterocycles. The normalized spacial score (nSPS) is 40.9. The van der Waals surface area contributed by atoms with Crippen molar-refractivity contribution in [3.8, 4) is 6.07 Å². The Morgan fingerprint density at radius 1 is 1.69 bits per heavy atom. The van der Waals surface area contributed by atoms with E-state index < -0.39 is 6.04 Å². The van der Waals surface area contributed by atoms with Gasteiger partial charge in [0, 0.05) is 4.75 Å². The van der Waals surface area contributed by atoms with Gasteiger partial charge in [0.25, 0.3) is 0 Å². The molecule has 2 fully saturated rings. The summed E-state index contributed by atoms with van der Waals surface area (Å²) in [6, 6.07) is 1.44. The zero-order valence-electron chi connectivity index (χ0n) is 7.52. The van der Waals surface area contributed by atoms with Crippen molar-refractivity contribution in [2.75, 3.05) is 0 Å². The Labute approximate surface area is 81.1 Å². The van der Waals surface area contributed by atoms with E-state index >= 15 is 0 Å². The number of β-lactam (4-membered cyclic amide) rings is 1. The van der Waals surface area contributed by atoms with Crippen LogP contribution in [0.4, 0.5) is 0 Å². The standard InChI is InChI=1S/C8H11N3OS/c1-8(2)4(3-9)11-6(12)5(10)7(11)13-8/h4-5,7H,10H2,1-2H3/t4?,5?,7-/m0/s1. The lowest BCUT2D eigenvalue weighted by Gasteiger charge is -2.40. The molecule has 2 unspecified atom stereocenters. The van der Waals surface area contributed by atoms with Crippen LogP contribution in [0.15, 0.2) is 0 Å². The van der Waals surface area contributed by atoms with Crippen molar-refractivity contribution in [1.29, 1.82) is 5.26 Å². The average molecular weight is 197 g/mol. The summed E-state index contributed by atoms with van der Waals surface area (Å²) in [4.78, 5) is 12.9. The van der Waals surface area contributed by atoms with Crippen LogP contribution >= 0.6 is 11.8 Å². The monoisotopic (exact) mass is 197 g/mol. The third-order valence-electron chi connectivity index (χ3n) is 2.60. The minimum absolute atomic E-state index is 0.0205. The minimum Gasteiger partial charge on any atom is -0.317 e. The highest BCUT2D eigenvalue weighted by Gasteiger charge is 2.60. The van der Waals surface area contributed by atoms with E-state index in [1.165, 1.54) is 0 Å². The molecule has 0 saturated carbocycles. The molecule has 4 nitrogen and oxygen atoms in total. The predicted molar refractivity (Wildman–Crippen MR) is 49.7 cm³/mol. The zero-order chi connectivity index (χ0) is 9.80. The number of nitrogens with zero attached hydrogens (tertiary/aromatic N) is 2. The fraction of sp³-hybridized carbons (Fsp3) is 0.750. The Kier molecular flexibility index (Phi) is 1.63. The molecule has 70 valence electrons. The summed E-state index contributed by atoms with van der Waals surface area (Å²) in [7, 11) is 0. The molecule has 1 amide bonds. The third kappa shape index (κ3) is 0.930. The number of nitriles is 1. The maximum atomic E-state index is 11.3. The Balaban J connectivity index is 2.30. The Morgan fingerprint density at radius 3 is 2.85 bits per heavy atom. The molecular weight excluding hydrogens is 186 g/mol. The van der Waals surface area contributed by atoms with Crippen LogP contribution in [0.5, 0.6) is 0 Å². The van der Waals surface area contributed by atoms with Crippen molar-refractivity contribution in [2.24, 2.45) is 5.73 Å². The molecule has 2 rings (SSSR count). The predicted octanol–water partition coefficient (Wildman–Crippen LogP) is -0.100. The summed E-state index contributed by atoms with van der Waals surface area (Å²) < 4.78 is -0.191. The molecule has 0 aromatic heterocycles. The van der Waals surface area contributed by atoms with E-state index in [4.69, 9.17) is 11.0 Å². The second kappa shape index (κ2) is 2.40. The number of hydrogen-bond acceptors (Lipinski definition) is 4. The smallest absolute Gasteiger partial charge is 0.244 e. The molecular formula is C8H11N3OS. The highest BCUT2D eigenvalue weighted by atomic mass is 32.2. The van der Waals surface area contributed by atoms with Gasteiger partial charge in [-0.05, 0) is 13.8 Å². The molecule has 2 aliphatic rings. The number of amides is 1. The first-order valence-electron chi connectivity index (χ1n) is 4.14. The highest BCUT2D eigenvalue weighted by Crippen LogP contribution is 2.49. The number of carbonyl (C=O) groups excluding carboxylic acids is 1. The first-order chi connectivity index (χ1) is 5.99. The maximum absolute atomic E-state index is 11.3. The lowest BCUT2D eigenvalue weighted by molar-refractivity contribution is -0.145. The summed E-state index contributed by atoms with van der Waals surface area (Å²) in [5, 5.41) is 8.95. The van der Waals surface area contributed by atoms with E-state index in [0.29, 0.717) is 0 Å². The van der Waals surface area contributed by atoms with Gasteiger partial charge in [-0.15, -0.1) is 11.8 Å². The summed E-state index contributed by atoms with van der Waals surface area (Å²) in [5.74, 6) is -0.0883. The molecule has 0 aromatic carbocycles. The number of rotatable bonds is 0. The quantitative estimate of drug-likeness (QED) is 0.550. The minimum atomic E-state index is -0.400. The third-order valence-corrected chi connectivity index (χ3v) is 4.20. The topological polar surface area (TPSA) is 70.1 Å². The van der Waals surface area contributed by atoms with Gasteiger partial charge in [0.1, 0.15) is 17.5 Å². The van der Waals surface area contributed by atoms with Crippen LogP contribution in [0.25, 0.3) is 0 Å². The van der Waals surface area contributed by atoms with Gasteiger partial charge in [-0.2, -0.15) is 5.26 Å². The van der Waals surface area contributed by atoms with Gasteiger partial charge in [-0.1, -0.05) is 0 Å². The lowest BCUT2D eigenvalue weighted by Crippen LogP contribution is -2.67. The van der Waals surface area contributed by atoms with E-state index in [9.17, 15) is 4.79 Å². The SMILES string of the molecule is CC1(C)S[C@H]2C(N)C(=O)N2C1C#N. The largest absolute Gasteiger partial charge is 0.317 e. The molecule has 0 radical (unpaired) electrons. The fourth-order valence-electron chi connectivity index (χ4n) is 1.84. The zero-order valence-corrected chi connectivity index (χ0v) is 8.34. The van der Waals surface area contributed by atoms with Crippen molar-refractivity contribution in [3.05, 3.63) is 0 Å². The first kappa shape index (κ1) is 8.85. The van der Waals surface area contributed by atoms with Crippen LogP contribution in [0.1, 0.15) is 13.8 Å². The highest BCUT2D eigenvalue weighted by molar-refractivity contribution is 8.01. The van der Waals surface area contributed by atoms with Crippen molar-refractivity contribution in [2.45, 2.75) is 36.1 Å². The van der Waals surface area contributed by atoms with Gasteiger partial charge in [0.2, 0.25) is 5.91 Å². The summed E-state index contributed by atoms with van der Waals surface area (Å²) >= 11 is 1.62. The van der Waals surface area contributed by atoms with Crippen LogP contribution in [0, 0.1) is 11.3 Å². The number of carbonyl (C=O) groups is 1. The number of thioether (sulfide) groups is 1. The second-order valence-corrected chi connectivity index (χ2v) is 5.69. The Morgan fingerprint density at radius 2 is 2.31 bits per heavy atom. The van der Waals surface area contributed by atoms with E-state index in [1.54, 1.807) is 16.7 Å². The maximum Gasteiger partial charge on any atom is 0.244 e. The fourth-order valence-corrected chi connectivity index (χ4v) is 3.36. The van der Waals surface area contributed by atoms with Gasteiger partial charge in [0.05, 0.1) is 6.07 Å². The summed E-state index contributed by atoms with van der Waals surface area (Å²) in [5.41, 5.74) is 5.62. The molecule has 5 heteroatoms. The lowest BCUT2D eigenvalue weighted by atomic mass is 9.98. The number of fused-ring (bicyclic) bond motifs is 1. The van der Waals surface area contributed by atoms with Gasteiger partial charge in [-0.25, -0.2) is 0 Å². The van der Waals surface area contributed by atoms with Gasteiger partial charge < -0.3 is 10.6 Å². The van der Waals surface area contributed by atoms with Crippen molar-refractivity contribution < 1.29 is 4.79 Å². The Bertz CT molecular complexity index is 309. The molecule has 2 saturated heterocycles. The van der Waals surface area contributed by atoms with Crippen molar-refractivity contribution in [1.82, 2.24) is 4.90 Å².